The third kappa shape index (κ3) is 4.48. The van der Waals surface area contributed by atoms with Crippen molar-refractivity contribution in [3.05, 3.63) is 81.1 Å². The molecule has 0 aliphatic carbocycles. The van der Waals surface area contributed by atoms with Gasteiger partial charge in [0.05, 0.1) is 10.9 Å². The number of carbonyl (C=O) groups excluding carboxylic acids is 1. The first-order valence-corrected chi connectivity index (χ1v) is 10.9. The van der Waals surface area contributed by atoms with Crippen LogP contribution >= 0.6 is 34.5 Å². The molecule has 1 heterocycles. The van der Waals surface area contributed by atoms with Crippen LogP contribution in [0.3, 0.4) is 0 Å². The van der Waals surface area contributed by atoms with Gasteiger partial charge in [0.2, 0.25) is 0 Å². The summed E-state index contributed by atoms with van der Waals surface area (Å²) < 4.78 is 27.7. The van der Waals surface area contributed by atoms with E-state index in [1.54, 1.807) is 54.0 Å². The molecule has 0 saturated carbocycles. The molecule has 28 heavy (non-hydrogen) atoms. The third-order valence-corrected chi connectivity index (χ3v) is 7.59. The van der Waals surface area contributed by atoms with Gasteiger partial charge in [-0.05, 0) is 29.3 Å². The van der Waals surface area contributed by atoms with E-state index in [2.05, 4.69) is 4.72 Å². The average molecular weight is 457 g/mol. The summed E-state index contributed by atoms with van der Waals surface area (Å²) in [6.07, 6.45) is 0. The molecule has 3 N–H and O–H groups in total. The molecule has 0 radical (unpaired) electrons. The number of halogens is 2. The molecule has 0 saturated heterocycles. The quantitative estimate of drug-likeness (QED) is 0.375. The lowest BCUT2D eigenvalue weighted by atomic mass is 9.90. The van der Waals surface area contributed by atoms with Crippen molar-refractivity contribution < 1.29 is 18.4 Å². The molecule has 1 aromatic heterocycles. The van der Waals surface area contributed by atoms with Crippen molar-refractivity contribution in [3.8, 4) is 0 Å². The maximum atomic E-state index is 12.6. The van der Waals surface area contributed by atoms with Crippen LogP contribution < -0.4 is 10.2 Å². The summed E-state index contributed by atoms with van der Waals surface area (Å²) in [4.78, 5) is 12.2. The van der Waals surface area contributed by atoms with Crippen LogP contribution in [0, 0.1) is 0 Å². The van der Waals surface area contributed by atoms with E-state index in [0.717, 1.165) is 11.3 Å². The molecule has 0 aliphatic heterocycles. The second-order valence-electron chi connectivity index (χ2n) is 5.74. The van der Waals surface area contributed by atoms with Crippen molar-refractivity contribution in [1.29, 1.82) is 0 Å². The van der Waals surface area contributed by atoms with E-state index in [0.29, 0.717) is 11.1 Å². The molecule has 146 valence electrons. The van der Waals surface area contributed by atoms with Crippen LogP contribution in [-0.2, 0) is 14.8 Å². The zero-order valence-electron chi connectivity index (χ0n) is 14.1. The number of amides is 1. The number of benzene rings is 2. The van der Waals surface area contributed by atoms with E-state index in [9.17, 15) is 13.2 Å². The molecule has 2 aromatic carbocycles. The number of hydrogen-bond acceptors (Lipinski definition) is 5. The Morgan fingerprint density at radius 1 is 1.00 bits per heavy atom. The first-order chi connectivity index (χ1) is 13.3. The number of thiophene rings is 1. The minimum atomic E-state index is -3.90. The Morgan fingerprint density at radius 3 is 2.29 bits per heavy atom. The number of hydroxylamine groups is 1. The molecular weight excluding hydrogens is 443 g/mol. The SMILES string of the molecule is O=C(NO)C(c1ccccc1)c1cccc(NS(=O)(=O)c2cc(Cl)c(Cl)s2)c1. The van der Waals surface area contributed by atoms with E-state index in [4.69, 9.17) is 28.4 Å². The van der Waals surface area contributed by atoms with Crippen molar-refractivity contribution in [3.63, 3.8) is 0 Å². The Hall–Kier alpha value is -2.10. The highest BCUT2D eigenvalue weighted by atomic mass is 35.5. The Kier molecular flexibility index (Phi) is 6.26. The van der Waals surface area contributed by atoms with Crippen LogP contribution in [0.25, 0.3) is 0 Å². The Morgan fingerprint density at radius 2 is 1.68 bits per heavy atom. The van der Waals surface area contributed by atoms with E-state index >= 15 is 0 Å². The van der Waals surface area contributed by atoms with Crippen molar-refractivity contribution in [2.45, 2.75) is 10.1 Å². The van der Waals surface area contributed by atoms with Crippen LogP contribution in [-0.4, -0.2) is 19.5 Å². The van der Waals surface area contributed by atoms with Gasteiger partial charge in [0.15, 0.2) is 0 Å². The average Bonchev–Trinajstić information content (AvgIpc) is 3.02. The van der Waals surface area contributed by atoms with Gasteiger partial charge in [0, 0.05) is 5.69 Å². The topological polar surface area (TPSA) is 95.5 Å². The lowest BCUT2D eigenvalue weighted by molar-refractivity contribution is -0.129. The van der Waals surface area contributed by atoms with Gasteiger partial charge in [0.25, 0.3) is 15.9 Å². The van der Waals surface area contributed by atoms with Crippen LogP contribution in [0.5, 0.6) is 0 Å². The summed E-state index contributed by atoms with van der Waals surface area (Å²) in [6, 6.07) is 16.5. The molecule has 0 spiro atoms. The van der Waals surface area contributed by atoms with Crippen molar-refractivity contribution in [1.82, 2.24) is 5.48 Å². The summed E-state index contributed by atoms with van der Waals surface area (Å²) in [7, 11) is -3.90. The molecule has 6 nitrogen and oxygen atoms in total. The second kappa shape index (κ2) is 8.50. The largest absolute Gasteiger partial charge is 0.289 e. The zero-order valence-corrected chi connectivity index (χ0v) is 17.2. The van der Waals surface area contributed by atoms with E-state index < -0.39 is 21.8 Å². The predicted octanol–water partition coefficient (Wildman–Crippen LogP) is 4.49. The number of nitrogens with one attached hydrogen (secondary N) is 2. The molecule has 1 atom stereocenters. The second-order valence-corrected chi connectivity index (χ2v) is 9.71. The fourth-order valence-electron chi connectivity index (χ4n) is 2.65. The van der Waals surface area contributed by atoms with Crippen LogP contribution in [0.4, 0.5) is 5.69 Å². The van der Waals surface area contributed by atoms with Gasteiger partial charge in [-0.2, -0.15) is 0 Å². The number of carbonyl (C=O) groups is 1. The van der Waals surface area contributed by atoms with Crippen LogP contribution in [0.15, 0.2) is 64.9 Å². The minimum Gasteiger partial charge on any atom is -0.289 e. The number of sulfonamides is 1. The van der Waals surface area contributed by atoms with Gasteiger partial charge in [-0.25, -0.2) is 13.9 Å². The van der Waals surface area contributed by atoms with Gasteiger partial charge in [-0.1, -0.05) is 65.7 Å². The smallest absolute Gasteiger partial charge is 0.271 e. The highest BCUT2D eigenvalue weighted by Gasteiger charge is 2.24. The fraction of sp³-hybridized carbons (Fsp3) is 0.0556. The molecule has 1 amide bonds. The summed E-state index contributed by atoms with van der Waals surface area (Å²) in [5.41, 5.74) is 3.06. The lowest BCUT2D eigenvalue weighted by Crippen LogP contribution is -2.27. The van der Waals surface area contributed by atoms with Gasteiger partial charge >= 0.3 is 0 Å². The first kappa shape index (κ1) is 20.6. The molecule has 0 fully saturated rings. The number of hydrogen-bond donors (Lipinski definition) is 3. The number of rotatable bonds is 6. The van der Waals surface area contributed by atoms with Crippen LogP contribution in [0.2, 0.25) is 9.36 Å². The number of anilines is 1. The highest BCUT2D eigenvalue weighted by Crippen LogP contribution is 2.35. The monoisotopic (exact) mass is 456 g/mol. The molecule has 3 rings (SSSR count). The summed E-state index contributed by atoms with van der Waals surface area (Å²) in [5, 5.41) is 9.28. The van der Waals surface area contributed by atoms with Gasteiger partial charge < -0.3 is 0 Å². The van der Waals surface area contributed by atoms with E-state index in [-0.39, 0.29) is 19.3 Å². The lowest BCUT2D eigenvalue weighted by Gasteiger charge is -2.17. The minimum absolute atomic E-state index is 0.0272. The van der Waals surface area contributed by atoms with Gasteiger partial charge in [-0.3, -0.25) is 14.7 Å². The van der Waals surface area contributed by atoms with Crippen LogP contribution in [0.1, 0.15) is 17.0 Å². The standard InChI is InChI=1S/C18H14Cl2N2O4S2/c19-14-10-15(27-17(14)20)28(25,26)22-13-8-4-7-12(9-13)16(18(23)21-24)11-5-2-1-3-6-11/h1-10,16,22,24H,(H,21,23). The van der Waals surface area contributed by atoms with E-state index in [1.165, 1.54) is 12.1 Å². The van der Waals surface area contributed by atoms with E-state index in [1.807, 2.05) is 0 Å². The molecule has 1 unspecified atom stereocenters. The molecule has 0 bridgehead atoms. The maximum absolute atomic E-state index is 12.6. The first-order valence-electron chi connectivity index (χ1n) is 7.88. The fourth-order valence-corrected chi connectivity index (χ4v) is 5.58. The summed E-state index contributed by atoms with van der Waals surface area (Å²) in [5.74, 6) is -1.45. The van der Waals surface area contributed by atoms with Gasteiger partial charge in [-0.15, -0.1) is 11.3 Å². The highest BCUT2D eigenvalue weighted by molar-refractivity contribution is 7.94. The zero-order chi connectivity index (χ0) is 20.3. The molecular formula is C18H14Cl2N2O4S2. The van der Waals surface area contributed by atoms with Gasteiger partial charge in [0.1, 0.15) is 8.55 Å². The van der Waals surface area contributed by atoms with Crippen molar-refractivity contribution in [2.24, 2.45) is 0 Å². The molecule has 0 aliphatic rings. The Bertz CT molecular complexity index is 1080. The van der Waals surface area contributed by atoms with Crippen molar-refractivity contribution in [2.75, 3.05) is 4.72 Å². The molecule has 3 aromatic rings. The maximum Gasteiger partial charge on any atom is 0.271 e. The Balaban J connectivity index is 1.95. The predicted molar refractivity (Wildman–Crippen MR) is 110 cm³/mol. The summed E-state index contributed by atoms with van der Waals surface area (Å²) in [6.45, 7) is 0. The Labute approximate surface area is 175 Å². The normalized spacial score (nSPS) is 12.4. The third-order valence-electron chi connectivity index (χ3n) is 3.86. The summed E-state index contributed by atoms with van der Waals surface area (Å²) >= 11 is 12.5. The van der Waals surface area contributed by atoms with Crippen molar-refractivity contribution >= 4 is 56.2 Å². The molecule has 10 heteroatoms.